The summed E-state index contributed by atoms with van der Waals surface area (Å²) in [6.07, 6.45) is 4.08. The quantitative estimate of drug-likeness (QED) is 0.877. The Hall–Kier alpha value is -1.06. The first-order valence-corrected chi connectivity index (χ1v) is 7.34. The lowest BCUT2D eigenvalue weighted by atomic mass is 10.0. The second-order valence-corrected chi connectivity index (χ2v) is 5.82. The highest BCUT2D eigenvalue weighted by atomic mass is 15.2. The minimum absolute atomic E-state index is 0.717. The first-order valence-electron chi connectivity index (χ1n) is 7.34. The van der Waals surface area contributed by atoms with Crippen LogP contribution in [0.4, 0.5) is 5.69 Å². The van der Waals surface area contributed by atoms with Crippen LogP contribution >= 0.6 is 0 Å². The molecule has 0 bridgehead atoms. The van der Waals surface area contributed by atoms with Gasteiger partial charge < -0.3 is 15.1 Å². The highest BCUT2D eigenvalue weighted by Gasteiger charge is 2.17. The lowest BCUT2D eigenvalue weighted by molar-refractivity contribution is 0.181. The SMILES string of the molecule is CN(C)c1ccc(CNCC2CCCCN2C)cc1. The monoisotopic (exact) mass is 261 g/mol. The normalized spacial score (nSPS) is 20.5. The predicted octanol–water partition coefficient (Wildman–Crippen LogP) is 2.33. The minimum atomic E-state index is 0.717. The van der Waals surface area contributed by atoms with Gasteiger partial charge >= 0.3 is 0 Å². The Bertz CT molecular complexity index is 372. The Morgan fingerprint density at radius 1 is 1.21 bits per heavy atom. The van der Waals surface area contributed by atoms with Gasteiger partial charge in [-0.05, 0) is 44.1 Å². The second-order valence-electron chi connectivity index (χ2n) is 5.82. The fourth-order valence-electron chi connectivity index (χ4n) is 2.70. The van der Waals surface area contributed by atoms with E-state index >= 15 is 0 Å². The Balaban J connectivity index is 1.75. The van der Waals surface area contributed by atoms with Crippen molar-refractivity contribution in [2.45, 2.75) is 31.8 Å². The van der Waals surface area contributed by atoms with Crippen molar-refractivity contribution < 1.29 is 0 Å². The summed E-state index contributed by atoms with van der Waals surface area (Å²) in [5.74, 6) is 0. The molecule has 1 heterocycles. The van der Waals surface area contributed by atoms with Crippen LogP contribution in [0, 0.1) is 0 Å². The van der Waals surface area contributed by atoms with Crippen molar-refractivity contribution in [2.75, 3.05) is 39.1 Å². The number of likely N-dealkylation sites (tertiary alicyclic amines) is 1. The number of nitrogens with zero attached hydrogens (tertiary/aromatic N) is 2. The van der Waals surface area contributed by atoms with Gasteiger partial charge in [0.1, 0.15) is 0 Å². The summed E-state index contributed by atoms with van der Waals surface area (Å²) in [4.78, 5) is 4.62. The molecule has 0 spiro atoms. The van der Waals surface area contributed by atoms with Gasteiger partial charge in [-0.1, -0.05) is 18.6 Å². The van der Waals surface area contributed by atoms with E-state index in [9.17, 15) is 0 Å². The van der Waals surface area contributed by atoms with E-state index in [1.54, 1.807) is 0 Å². The molecule has 2 rings (SSSR count). The molecule has 1 unspecified atom stereocenters. The molecule has 1 atom stereocenters. The molecule has 3 nitrogen and oxygen atoms in total. The number of anilines is 1. The smallest absolute Gasteiger partial charge is 0.0361 e. The molecule has 1 fully saturated rings. The number of hydrogen-bond acceptors (Lipinski definition) is 3. The van der Waals surface area contributed by atoms with E-state index < -0.39 is 0 Å². The Labute approximate surface area is 117 Å². The maximum Gasteiger partial charge on any atom is 0.0361 e. The number of nitrogens with one attached hydrogen (secondary N) is 1. The van der Waals surface area contributed by atoms with Crippen LogP contribution in [-0.2, 0) is 6.54 Å². The Morgan fingerprint density at radius 2 is 1.95 bits per heavy atom. The molecule has 1 aliphatic rings. The summed E-state index contributed by atoms with van der Waals surface area (Å²) in [7, 11) is 6.40. The van der Waals surface area contributed by atoms with Gasteiger partial charge in [0.15, 0.2) is 0 Å². The molecule has 1 aromatic rings. The maximum absolute atomic E-state index is 3.60. The van der Waals surface area contributed by atoms with Gasteiger partial charge in [-0.15, -0.1) is 0 Å². The molecular weight excluding hydrogens is 234 g/mol. The molecule has 1 N–H and O–H groups in total. The van der Waals surface area contributed by atoms with Crippen LogP contribution in [0.3, 0.4) is 0 Å². The summed E-state index contributed by atoms with van der Waals surface area (Å²) >= 11 is 0. The fraction of sp³-hybridized carbons (Fsp3) is 0.625. The number of rotatable bonds is 5. The van der Waals surface area contributed by atoms with Gasteiger partial charge in [0, 0.05) is 38.9 Å². The molecule has 106 valence electrons. The molecule has 1 saturated heterocycles. The first kappa shape index (κ1) is 14.4. The van der Waals surface area contributed by atoms with Crippen LogP contribution in [-0.4, -0.2) is 45.2 Å². The van der Waals surface area contributed by atoms with Crippen molar-refractivity contribution in [3.05, 3.63) is 29.8 Å². The van der Waals surface area contributed by atoms with Crippen molar-refractivity contribution in [1.82, 2.24) is 10.2 Å². The third-order valence-corrected chi connectivity index (χ3v) is 4.08. The highest BCUT2D eigenvalue weighted by Crippen LogP contribution is 2.15. The Morgan fingerprint density at radius 3 is 2.58 bits per heavy atom. The minimum Gasteiger partial charge on any atom is -0.378 e. The average molecular weight is 261 g/mol. The van der Waals surface area contributed by atoms with Crippen LogP contribution in [0.2, 0.25) is 0 Å². The number of benzene rings is 1. The van der Waals surface area contributed by atoms with E-state index in [2.05, 4.69) is 60.5 Å². The zero-order valence-corrected chi connectivity index (χ0v) is 12.5. The van der Waals surface area contributed by atoms with E-state index in [4.69, 9.17) is 0 Å². The van der Waals surface area contributed by atoms with E-state index in [1.807, 2.05) is 0 Å². The van der Waals surface area contributed by atoms with E-state index in [0.29, 0.717) is 0 Å². The number of hydrogen-bond donors (Lipinski definition) is 1. The third-order valence-electron chi connectivity index (χ3n) is 4.08. The van der Waals surface area contributed by atoms with Gasteiger partial charge in [0.2, 0.25) is 0 Å². The molecule has 0 aliphatic carbocycles. The van der Waals surface area contributed by atoms with Crippen molar-refractivity contribution in [1.29, 1.82) is 0 Å². The Kier molecular flexibility index (Phi) is 5.23. The van der Waals surface area contributed by atoms with Crippen LogP contribution < -0.4 is 10.2 Å². The molecule has 1 aromatic carbocycles. The van der Waals surface area contributed by atoms with E-state index in [-0.39, 0.29) is 0 Å². The number of piperidine rings is 1. The molecule has 0 aromatic heterocycles. The van der Waals surface area contributed by atoms with Gasteiger partial charge in [-0.2, -0.15) is 0 Å². The van der Waals surface area contributed by atoms with Crippen molar-refractivity contribution >= 4 is 5.69 Å². The van der Waals surface area contributed by atoms with Gasteiger partial charge in [-0.25, -0.2) is 0 Å². The zero-order valence-electron chi connectivity index (χ0n) is 12.5. The van der Waals surface area contributed by atoms with Gasteiger partial charge in [0.25, 0.3) is 0 Å². The lowest BCUT2D eigenvalue weighted by Crippen LogP contribution is -2.42. The standard InChI is InChI=1S/C16H27N3/c1-18(2)15-9-7-14(8-10-15)12-17-13-16-6-4-5-11-19(16)3/h7-10,16-17H,4-6,11-13H2,1-3H3. The highest BCUT2D eigenvalue weighted by molar-refractivity contribution is 5.45. The van der Waals surface area contributed by atoms with Gasteiger partial charge in [-0.3, -0.25) is 0 Å². The van der Waals surface area contributed by atoms with Crippen molar-refractivity contribution in [2.24, 2.45) is 0 Å². The summed E-state index contributed by atoms with van der Waals surface area (Å²) in [6.45, 7) is 3.33. The summed E-state index contributed by atoms with van der Waals surface area (Å²) < 4.78 is 0. The molecule has 0 amide bonds. The van der Waals surface area contributed by atoms with E-state index in [1.165, 1.54) is 37.1 Å². The van der Waals surface area contributed by atoms with E-state index in [0.717, 1.165) is 19.1 Å². The van der Waals surface area contributed by atoms with Crippen LogP contribution in [0.25, 0.3) is 0 Å². The zero-order chi connectivity index (χ0) is 13.7. The topological polar surface area (TPSA) is 18.5 Å². The summed E-state index contributed by atoms with van der Waals surface area (Å²) in [6, 6.07) is 9.52. The molecule has 19 heavy (non-hydrogen) atoms. The average Bonchev–Trinajstić information content (AvgIpc) is 2.41. The van der Waals surface area contributed by atoms with Crippen LogP contribution in [0.15, 0.2) is 24.3 Å². The molecule has 0 saturated carbocycles. The number of likely N-dealkylation sites (N-methyl/N-ethyl adjacent to an activating group) is 1. The molecule has 0 radical (unpaired) electrons. The third kappa shape index (κ3) is 4.22. The van der Waals surface area contributed by atoms with Gasteiger partial charge in [0.05, 0.1) is 0 Å². The molecular formula is C16H27N3. The largest absolute Gasteiger partial charge is 0.378 e. The summed E-state index contributed by atoms with van der Waals surface area (Å²) in [5.41, 5.74) is 2.62. The molecule has 1 aliphatic heterocycles. The second kappa shape index (κ2) is 6.92. The summed E-state index contributed by atoms with van der Waals surface area (Å²) in [5, 5.41) is 3.60. The van der Waals surface area contributed by atoms with Crippen LogP contribution in [0.1, 0.15) is 24.8 Å². The van der Waals surface area contributed by atoms with Crippen molar-refractivity contribution in [3.63, 3.8) is 0 Å². The van der Waals surface area contributed by atoms with Crippen LogP contribution in [0.5, 0.6) is 0 Å². The lowest BCUT2D eigenvalue weighted by Gasteiger charge is -2.32. The maximum atomic E-state index is 3.60. The molecule has 3 heteroatoms. The fourth-order valence-corrected chi connectivity index (χ4v) is 2.70. The van der Waals surface area contributed by atoms with Crippen molar-refractivity contribution in [3.8, 4) is 0 Å². The predicted molar refractivity (Wildman–Crippen MR) is 82.7 cm³/mol. The first-order chi connectivity index (χ1) is 9.16.